The Morgan fingerprint density at radius 2 is 1.85 bits per heavy atom. The summed E-state index contributed by atoms with van der Waals surface area (Å²) in [7, 11) is -4.51. The summed E-state index contributed by atoms with van der Waals surface area (Å²) in [6.07, 6.45) is -1.22. The van der Waals surface area contributed by atoms with E-state index in [0.717, 1.165) is 12.8 Å². The topological polar surface area (TPSA) is 216 Å². The van der Waals surface area contributed by atoms with Crippen molar-refractivity contribution in [2.24, 2.45) is 5.92 Å². The van der Waals surface area contributed by atoms with Crippen LogP contribution in [0.5, 0.6) is 5.75 Å². The zero-order chi connectivity index (χ0) is 34.5. The van der Waals surface area contributed by atoms with E-state index >= 15 is 0 Å². The minimum Gasteiger partial charge on any atom is -0.464 e. The predicted octanol–water partition coefficient (Wildman–Crippen LogP) is 3.42. The van der Waals surface area contributed by atoms with Crippen LogP contribution in [0, 0.1) is 17.2 Å². The number of nitriles is 1. The Morgan fingerprint density at radius 3 is 2.52 bits per heavy atom. The van der Waals surface area contributed by atoms with Gasteiger partial charge in [-0.25, -0.2) is 14.1 Å². The number of benzene rings is 1. The second-order valence-electron chi connectivity index (χ2n) is 11.4. The number of hydrogen-bond acceptors (Lipinski definition) is 14. The molecule has 6 atom stereocenters. The molecule has 0 unspecified atom stereocenters. The molecular formula is C31H37N6O10P. The lowest BCUT2D eigenvalue weighted by Gasteiger charge is -2.30. The molecule has 17 heteroatoms. The first-order valence-electron chi connectivity index (χ1n) is 15.5. The molecule has 256 valence electrons. The van der Waals surface area contributed by atoms with Gasteiger partial charge in [-0.2, -0.15) is 15.4 Å². The van der Waals surface area contributed by atoms with E-state index in [9.17, 15) is 24.2 Å². The first kappa shape index (κ1) is 34.8. The standard InChI is InChI=1S/C31H37N6O10P/c1-4-24(38)44-27-26(22-13-14-23-29(33)34-18-35-37(22)23)46-31(16-32,28(27)45-25(39)5-2)17-43-48(41,47-21-9-7-6-8-10-21)36-19(3)30(40)42-15-20-11-12-20/h6-10,13-14,18-20,26-28H,4-5,11-12,15,17H2,1-3H3,(H,36,41)(H2,33,34,35)/t19-,26-,27-,28-,31+,48+/m0/s1. The lowest BCUT2D eigenvalue weighted by molar-refractivity contribution is -0.169. The van der Waals surface area contributed by atoms with Gasteiger partial charge in [0, 0.05) is 12.8 Å². The Labute approximate surface area is 276 Å². The Bertz CT molecular complexity index is 1730. The minimum absolute atomic E-state index is 0.0451. The van der Waals surface area contributed by atoms with Crippen LogP contribution in [0.1, 0.15) is 58.3 Å². The number of rotatable bonds is 15. The summed E-state index contributed by atoms with van der Waals surface area (Å²) in [6, 6.07) is 12.1. The Hall–Kier alpha value is -4.55. The molecule has 2 fully saturated rings. The summed E-state index contributed by atoms with van der Waals surface area (Å²) < 4.78 is 50.4. The molecule has 2 aromatic heterocycles. The Balaban J connectivity index is 1.50. The summed E-state index contributed by atoms with van der Waals surface area (Å²) in [4.78, 5) is 42.2. The lowest BCUT2D eigenvalue weighted by atomic mass is 9.95. The lowest BCUT2D eigenvalue weighted by Crippen LogP contribution is -2.49. The quantitative estimate of drug-likeness (QED) is 0.133. The first-order valence-corrected chi connectivity index (χ1v) is 17.1. The molecule has 1 aliphatic heterocycles. The zero-order valence-corrected chi connectivity index (χ0v) is 27.5. The van der Waals surface area contributed by atoms with Crippen molar-refractivity contribution in [1.82, 2.24) is 19.7 Å². The maximum absolute atomic E-state index is 14.3. The second-order valence-corrected chi connectivity index (χ2v) is 13.1. The van der Waals surface area contributed by atoms with Gasteiger partial charge >= 0.3 is 25.7 Å². The molecule has 0 amide bonds. The number of aromatic nitrogens is 3. The van der Waals surface area contributed by atoms with E-state index in [1.165, 1.54) is 29.9 Å². The van der Waals surface area contributed by atoms with Crippen LogP contribution in [-0.4, -0.2) is 69.6 Å². The fourth-order valence-corrected chi connectivity index (χ4v) is 6.50. The molecule has 2 aliphatic rings. The van der Waals surface area contributed by atoms with E-state index in [-0.39, 0.29) is 36.7 Å². The van der Waals surface area contributed by atoms with Crippen molar-refractivity contribution in [2.45, 2.75) is 76.4 Å². The average molecular weight is 685 g/mol. The van der Waals surface area contributed by atoms with E-state index in [1.54, 1.807) is 44.2 Å². The summed E-state index contributed by atoms with van der Waals surface area (Å²) >= 11 is 0. The monoisotopic (exact) mass is 684 g/mol. The van der Waals surface area contributed by atoms with E-state index in [4.69, 9.17) is 33.7 Å². The van der Waals surface area contributed by atoms with Gasteiger partial charge in [0.05, 0.1) is 12.3 Å². The van der Waals surface area contributed by atoms with Crippen LogP contribution in [0.3, 0.4) is 0 Å². The van der Waals surface area contributed by atoms with Crippen molar-refractivity contribution in [3.05, 3.63) is 54.5 Å². The van der Waals surface area contributed by atoms with Gasteiger partial charge in [-0.15, -0.1) is 0 Å². The minimum atomic E-state index is -4.51. The fraction of sp³-hybridized carbons (Fsp3) is 0.484. The van der Waals surface area contributed by atoms with Crippen LogP contribution in [0.15, 0.2) is 48.8 Å². The molecule has 1 saturated carbocycles. The molecule has 1 aliphatic carbocycles. The average Bonchev–Trinajstić information content (AvgIpc) is 3.74. The predicted molar refractivity (Wildman–Crippen MR) is 167 cm³/mol. The number of nitrogens with zero attached hydrogens (tertiary/aromatic N) is 4. The van der Waals surface area contributed by atoms with E-state index in [1.807, 2.05) is 6.07 Å². The fourth-order valence-electron chi connectivity index (χ4n) is 4.98. The van der Waals surface area contributed by atoms with Gasteiger partial charge in [-0.1, -0.05) is 32.0 Å². The molecule has 3 N–H and O–H groups in total. The van der Waals surface area contributed by atoms with E-state index in [2.05, 4.69) is 15.2 Å². The van der Waals surface area contributed by atoms with Crippen LogP contribution < -0.4 is 15.3 Å². The molecular weight excluding hydrogens is 647 g/mol. The maximum atomic E-state index is 14.3. The number of nitrogen functional groups attached to an aromatic ring is 1. The molecule has 0 spiro atoms. The molecule has 3 heterocycles. The number of hydrogen-bond donors (Lipinski definition) is 2. The largest absolute Gasteiger partial charge is 0.464 e. The Kier molecular flexibility index (Phi) is 10.6. The first-order chi connectivity index (χ1) is 23.0. The maximum Gasteiger partial charge on any atom is 0.459 e. The highest BCUT2D eigenvalue weighted by molar-refractivity contribution is 7.52. The Morgan fingerprint density at radius 1 is 1.15 bits per heavy atom. The molecule has 48 heavy (non-hydrogen) atoms. The van der Waals surface area contributed by atoms with Crippen molar-refractivity contribution < 1.29 is 46.9 Å². The van der Waals surface area contributed by atoms with E-state index in [0.29, 0.717) is 11.4 Å². The van der Waals surface area contributed by atoms with Gasteiger partial charge in [-0.05, 0) is 49.9 Å². The summed E-state index contributed by atoms with van der Waals surface area (Å²) in [6.45, 7) is 3.95. The van der Waals surface area contributed by atoms with Crippen LogP contribution in [-0.2, 0) is 42.4 Å². The van der Waals surface area contributed by atoms with Gasteiger partial charge in [0.25, 0.3) is 0 Å². The molecule has 0 bridgehead atoms. The van der Waals surface area contributed by atoms with Gasteiger partial charge in [0.15, 0.2) is 18.0 Å². The highest BCUT2D eigenvalue weighted by atomic mass is 31.2. The van der Waals surface area contributed by atoms with Crippen molar-refractivity contribution in [3.63, 3.8) is 0 Å². The molecule has 1 saturated heterocycles. The van der Waals surface area contributed by atoms with Gasteiger partial charge in [0.1, 0.15) is 42.4 Å². The number of fused-ring (bicyclic) bond motifs is 1. The van der Waals surface area contributed by atoms with Crippen molar-refractivity contribution in [3.8, 4) is 11.8 Å². The van der Waals surface area contributed by atoms with E-state index < -0.39 is 62.2 Å². The number of nitrogens with two attached hydrogens (primary N) is 1. The third-order valence-corrected chi connectivity index (χ3v) is 9.39. The highest BCUT2D eigenvalue weighted by Crippen LogP contribution is 2.50. The summed E-state index contributed by atoms with van der Waals surface area (Å²) in [5, 5.41) is 17.5. The number of carbonyl (C=O) groups excluding carboxylic acids is 3. The molecule has 3 aromatic rings. The van der Waals surface area contributed by atoms with Crippen molar-refractivity contribution >= 4 is 37.0 Å². The SMILES string of the molecule is CCC(=O)O[C@H]1[C@H](c2ccc3c(N)ncnn23)O[C@](C#N)(CO[P@](=O)(N[C@@H](C)C(=O)OCC2CC2)Oc2ccccc2)[C@H]1OC(=O)CC. The number of para-hydroxylation sites is 1. The second kappa shape index (κ2) is 14.7. The van der Waals surface area contributed by atoms with Crippen molar-refractivity contribution in [2.75, 3.05) is 18.9 Å². The molecule has 1 aromatic carbocycles. The third kappa shape index (κ3) is 7.77. The van der Waals surface area contributed by atoms with Gasteiger partial charge in [0.2, 0.25) is 5.60 Å². The molecule has 0 radical (unpaired) electrons. The summed E-state index contributed by atoms with van der Waals surface area (Å²) in [5.74, 6) is -1.52. The highest BCUT2D eigenvalue weighted by Gasteiger charge is 2.62. The smallest absolute Gasteiger partial charge is 0.459 e. The van der Waals surface area contributed by atoms with Gasteiger partial charge < -0.3 is 29.2 Å². The van der Waals surface area contributed by atoms with Crippen LogP contribution in [0.4, 0.5) is 5.82 Å². The van der Waals surface area contributed by atoms with Crippen LogP contribution in [0.2, 0.25) is 0 Å². The molecule has 16 nitrogen and oxygen atoms in total. The third-order valence-electron chi connectivity index (χ3n) is 7.77. The number of carbonyl (C=O) groups is 3. The van der Waals surface area contributed by atoms with Crippen molar-refractivity contribution in [1.29, 1.82) is 5.26 Å². The number of anilines is 1. The molecule has 5 rings (SSSR count). The van der Waals surface area contributed by atoms with Gasteiger partial charge in [-0.3, -0.25) is 18.9 Å². The van der Waals surface area contributed by atoms with Crippen LogP contribution in [0.25, 0.3) is 5.52 Å². The summed E-state index contributed by atoms with van der Waals surface area (Å²) in [5.41, 5.74) is 4.50. The normalized spacial score (nSPS) is 23.8. The number of esters is 3. The number of nitrogens with one attached hydrogen (secondary N) is 1. The van der Waals surface area contributed by atoms with Crippen LogP contribution >= 0.6 is 7.75 Å². The zero-order valence-electron chi connectivity index (χ0n) is 26.6. The number of ether oxygens (including phenoxy) is 4.